The molecule has 0 bridgehead atoms. The number of anilines is 1. The Morgan fingerprint density at radius 2 is 2.26 bits per heavy atom. The predicted octanol–water partition coefficient (Wildman–Crippen LogP) is 3.20. The largest absolute Gasteiger partial charge is 0.384 e. The van der Waals surface area contributed by atoms with Gasteiger partial charge in [0.15, 0.2) is 0 Å². The summed E-state index contributed by atoms with van der Waals surface area (Å²) >= 11 is 1.75. The summed E-state index contributed by atoms with van der Waals surface area (Å²) in [6.07, 6.45) is 5.44. The van der Waals surface area contributed by atoms with Crippen molar-refractivity contribution in [1.29, 1.82) is 0 Å². The van der Waals surface area contributed by atoms with Crippen LogP contribution in [0.2, 0.25) is 0 Å². The molecule has 3 rings (SSSR count). The molecule has 0 aliphatic carbocycles. The minimum atomic E-state index is 0.256. The average Bonchev–Trinajstić information content (AvgIpc) is 3.09. The van der Waals surface area contributed by atoms with Crippen LogP contribution in [0.25, 0.3) is 11.3 Å². The lowest BCUT2D eigenvalue weighted by Gasteiger charge is -2.15. The molecule has 0 aliphatic heterocycles. The van der Waals surface area contributed by atoms with Crippen molar-refractivity contribution < 1.29 is 0 Å². The second-order valence-electron chi connectivity index (χ2n) is 4.35. The van der Waals surface area contributed by atoms with Crippen molar-refractivity contribution in [2.75, 3.05) is 5.73 Å². The highest BCUT2D eigenvalue weighted by Crippen LogP contribution is 2.28. The Kier molecular flexibility index (Phi) is 3.05. The SMILES string of the molecule is CC(c1cccs1)n1cncc1-c1ccnc(N)c1. The summed E-state index contributed by atoms with van der Waals surface area (Å²) < 4.78 is 2.15. The lowest BCUT2D eigenvalue weighted by atomic mass is 10.2. The molecule has 3 heterocycles. The smallest absolute Gasteiger partial charge is 0.123 e. The summed E-state index contributed by atoms with van der Waals surface area (Å²) in [6, 6.07) is 8.28. The maximum absolute atomic E-state index is 5.75. The van der Waals surface area contributed by atoms with E-state index in [1.807, 2.05) is 24.7 Å². The van der Waals surface area contributed by atoms with Gasteiger partial charge in [0.2, 0.25) is 0 Å². The van der Waals surface area contributed by atoms with Gasteiger partial charge in [0.25, 0.3) is 0 Å². The third kappa shape index (κ3) is 2.24. The standard InChI is InChI=1S/C14H14N4S/c1-10(13-3-2-6-19-13)18-9-16-8-12(18)11-4-5-17-14(15)7-11/h2-10H,1H3,(H2,15,17). The van der Waals surface area contributed by atoms with Gasteiger partial charge >= 0.3 is 0 Å². The molecule has 5 heteroatoms. The molecule has 0 fully saturated rings. The molecule has 3 aromatic heterocycles. The fourth-order valence-electron chi connectivity index (χ4n) is 2.11. The number of imidazole rings is 1. The first kappa shape index (κ1) is 11.9. The summed E-state index contributed by atoms with van der Waals surface area (Å²) in [7, 11) is 0. The van der Waals surface area contributed by atoms with Gasteiger partial charge in [0.1, 0.15) is 5.82 Å². The highest BCUT2D eigenvalue weighted by Gasteiger charge is 2.13. The van der Waals surface area contributed by atoms with E-state index in [9.17, 15) is 0 Å². The fourth-order valence-corrected chi connectivity index (χ4v) is 2.89. The van der Waals surface area contributed by atoms with Crippen molar-refractivity contribution in [2.45, 2.75) is 13.0 Å². The molecular weight excluding hydrogens is 256 g/mol. The monoisotopic (exact) mass is 270 g/mol. The Bertz CT molecular complexity index is 672. The van der Waals surface area contributed by atoms with Gasteiger partial charge in [-0.3, -0.25) is 0 Å². The maximum Gasteiger partial charge on any atom is 0.123 e. The van der Waals surface area contributed by atoms with Gasteiger partial charge in [-0.1, -0.05) is 6.07 Å². The summed E-state index contributed by atoms with van der Waals surface area (Å²) in [5, 5.41) is 2.09. The van der Waals surface area contributed by atoms with Crippen molar-refractivity contribution in [1.82, 2.24) is 14.5 Å². The highest BCUT2D eigenvalue weighted by atomic mass is 32.1. The molecule has 0 amide bonds. The third-order valence-corrected chi connectivity index (χ3v) is 4.16. The van der Waals surface area contributed by atoms with Crippen molar-refractivity contribution in [3.05, 3.63) is 53.2 Å². The van der Waals surface area contributed by atoms with Gasteiger partial charge in [-0.05, 0) is 30.5 Å². The Labute approximate surface area is 115 Å². The van der Waals surface area contributed by atoms with Crippen LogP contribution in [-0.2, 0) is 0 Å². The number of nitrogens with two attached hydrogens (primary N) is 1. The number of nitrogens with zero attached hydrogens (tertiary/aromatic N) is 3. The minimum Gasteiger partial charge on any atom is -0.384 e. The summed E-state index contributed by atoms with van der Waals surface area (Å²) in [6.45, 7) is 2.17. The van der Waals surface area contributed by atoms with E-state index in [0.29, 0.717) is 5.82 Å². The summed E-state index contributed by atoms with van der Waals surface area (Å²) in [4.78, 5) is 9.60. The zero-order chi connectivity index (χ0) is 13.2. The van der Waals surface area contributed by atoms with Gasteiger partial charge < -0.3 is 10.3 Å². The zero-order valence-electron chi connectivity index (χ0n) is 10.5. The molecular formula is C14H14N4S. The average molecular weight is 270 g/mol. The lowest BCUT2D eigenvalue weighted by Crippen LogP contribution is -2.05. The van der Waals surface area contributed by atoms with Crippen LogP contribution in [0.15, 0.2) is 48.4 Å². The molecule has 0 saturated heterocycles. The number of aromatic nitrogens is 3. The summed E-state index contributed by atoms with van der Waals surface area (Å²) in [5.74, 6) is 0.522. The zero-order valence-corrected chi connectivity index (χ0v) is 11.3. The topological polar surface area (TPSA) is 56.7 Å². The van der Waals surface area contributed by atoms with Crippen molar-refractivity contribution in [2.24, 2.45) is 0 Å². The van der Waals surface area contributed by atoms with Gasteiger partial charge in [-0.2, -0.15) is 0 Å². The first-order valence-corrected chi connectivity index (χ1v) is 6.91. The molecule has 0 saturated carbocycles. The van der Waals surface area contributed by atoms with E-state index in [1.54, 1.807) is 17.5 Å². The number of thiophene rings is 1. The molecule has 2 N–H and O–H groups in total. The Morgan fingerprint density at radius 3 is 3.00 bits per heavy atom. The molecule has 96 valence electrons. The molecule has 0 aliphatic rings. The minimum absolute atomic E-state index is 0.256. The Balaban J connectivity index is 2.03. The van der Waals surface area contributed by atoms with Crippen LogP contribution in [0.1, 0.15) is 17.8 Å². The van der Waals surface area contributed by atoms with Crippen LogP contribution < -0.4 is 5.73 Å². The first-order chi connectivity index (χ1) is 9.25. The quantitative estimate of drug-likeness (QED) is 0.795. The van der Waals surface area contributed by atoms with E-state index in [2.05, 4.69) is 39.0 Å². The molecule has 1 atom stereocenters. The Hall–Kier alpha value is -2.14. The molecule has 19 heavy (non-hydrogen) atoms. The van der Waals surface area contributed by atoms with E-state index < -0.39 is 0 Å². The molecule has 0 spiro atoms. The number of hydrogen-bond donors (Lipinski definition) is 1. The van der Waals surface area contributed by atoms with Crippen molar-refractivity contribution in [3.63, 3.8) is 0 Å². The second kappa shape index (κ2) is 4.85. The second-order valence-corrected chi connectivity index (χ2v) is 5.33. The number of hydrogen-bond acceptors (Lipinski definition) is 4. The molecule has 0 aromatic carbocycles. The number of pyridine rings is 1. The van der Waals surface area contributed by atoms with E-state index in [-0.39, 0.29) is 6.04 Å². The van der Waals surface area contributed by atoms with Crippen LogP contribution in [0.5, 0.6) is 0 Å². The fraction of sp³-hybridized carbons (Fsp3) is 0.143. The number of rotatable bonds is 3. The van der Waals surface area contributed by atoms with E-state index in [4.69, 9.17) is 5.73 Å². The van der Waals surface area contributed by atoms with E-state index >= 15 is 0 Å². The van der Waals surface area contributed by atoms with Gasteiger partial charge in [0, 0.05) is 16.6 Å². The molecule has 4 nitrogen and oxygen atoms in total. The van der Waals surface area contributed by atoms with Gasteiger partial charge in [-0.25, -0.2) is 9.97 Å². The van der Waals surface area contributed by atoms with Crippen molar-refractivity contribution >= 4 is 17.2 Å². The molecule has 0 radical (unpaired) electrons. The van der Waals surface area contributed by atoms with Crippen LogP contribution in [0.3, 0.4) is 0 Å². The number of nitrogen functional groups attached to an aromatic ring is 1. The predicted molar refractivity (Wildman–Crippen MR) is 78.0 cm³/mol. The summed E-state index contributed by atoms with van der Waals surface area (Å²) in [5.41, 5.74) is 7.83. The molecule has 3 aromatic rings. The normalized spacial score (nSPS) is 12.5. The highest BCUT2D eigenvalue weighted by molar-refractivity contribution is 7.10. The van der Waals surface area contributed by atoms with Crippen LogP contribution in [-0.4, -0.2) is 14.5 Å². The van der Waals surface area contributed by atoms with E-state index in [0.717, 1.165) is 11.3 Å². The van der Waals surface area contributed by atoms with E-state index in [1.165, 1.54) is 4.88 Å². The van der Waals surface area contributed by atoms with Crippen LogP contribution in [0.4, 0.5) is 5.82 Å². The lowest BCUT2D eigenvalue weighted by molar-refractivity contribution is 0.656. The first-order valence-electron chi connectivity index (χ1n) is 6.03. The molecule has 1 unspecified atom stereocenters. The third-order valence-electron chi connectivity index (χ3n) is 3.12. The van der Waals surface area contributed by atoms with Crippen LogP contribution in [0, 0.1) is 0 Å². The van der Waals surface area contributed by atoms with Crippen LogP contribution >= 0.6 is 11.3 Å². The maximum atomic E-state index is 5.75. The Morgan fingerprint density at radius 1 is 1.37 bits per heavy atom. The van der Waals surface area contributed by atoms with Crippen molar-refractivity contribution in [3.8, 4) is 11.3 Å². The van der Waals surface area contributed by atoms with Gasteiger partial charge in [0.05, 0.1) is 24.3 Å². The van der Waals surface area contributed by atoms with Gasteiger partial charge in [-0.15, -0.1) is 11.3 Å².